The highest BCUT2D eigenvalue weighted by atomic mass is 32.2. The van der Waals surface area contributed by atoms with Gasteiger partial charge in [-0.15, -0.1) is 0 Å². The standard InChI is InChI=1S/C17H26N2O4S/c1-23-10-5-9-19(15-8-11-24(21,22)13-15)17(20)12-16(18)14-6-3-2-4-7-14/h2-4,6-7,15-16H,5,8-13,18H2,1H3. The van der Waals surface area contributed by atoms with Crippen LogP contribution < -0.4 is 5.73 Å². The minimum Gasteiger partial charge on any atom is -0.385 e. The van der Waals surface area contributed by atoms with Gasteiger partial charge in [-0.2, -0.15) is 0 Å². The van der Waals surface area contributed by atoms with Gasteiger partial charge in [0.05, 0.1) is 11.5 Å². The number of rotatable bonds is 8. The maximum absolute atomic E-state index is 12.7. The molecule has 1 aliphatic heterocycles. The van der Waals surface area contributed by atoms with Gasteiger partial charge in [0.2, 0.25) is 5.91 Å². The molecule has 0 radical (unpaired) electrons. The molecule has 2 atom stereocenters. The topological polar surface area (TPSA) is 89.7 Å². The largest absolute Gasteiger partial charge is 0.385 e. The van der Waals surface area contributed by atoms with E-state index >= 15 is 0 Å². The van der Waals surface area contributed by atoms with E-state index in [1.165, 1.54) is 0 Å². The lowest BCUT2D eigenvalue weighted by Crippen LogP contribution is -2.43. The van der Waals surface area contributed by atoms with E-state index in [0.717, 1.165) is 5.56 Å². The van der Waals surface area contributed by atoms with Crippen molar-refractivity contribution in [1.82, 2.24) is 4.90 Å². The van der Waals surface area contributed by atoms with E-state index in [0.29, 0.717) is 26.0 Å². The highest BCUT2D eigenvalue weighted by Crippen LogP contribution is 2.21. The first-order valence-corrected chi connectivity index (χ1v) is 10.0. The van der Waals surface area contributed by atoms with Gasteiger partial charge in [0, 0.05) is 38.8 Å². The van der Waals surface area contributed by atoms with Crippen LogP contribution in [0.2, 0.25) is 0 Å². The smallest absolute Gasteiger partial charge is 0.224 e. The van der Waals surface area contributed by atoms with Crippen LogP contribution in [-0.4, -0.2) is 57.0 Å². The second-order valence-corrected chi connectivity index (χ2v) is 8.44. The molecular formula is C17H26N2O4S. The Balaban J connectivity index is 2.03. The fourth-order valence-electron chi connectivity index (χ4n) is 3.03. The van der Waals surface area contributed by atoms with Crippen molar-refractivity contribution in [1.29, 1.82) is 0 Å². The number of sulfone groups is 1. The van der Waals surface area contributed by atoms with Gasteiger partial charge >= 0.3 is 0 Å². The Hall–Kier alpha value is -1.44. The molecule has 0 bridgehead atoms. The Kier molecular flexibility index (Phi) is 6.77. The van der Waals surface area contributed by atoms with Crippen LogP contribution in [0.3, 0.4) is 0 Å². The molecule has 1 fully saturated rings. The zero-order valence-corrected chi connectivity index (χ0v) is 14.9. The second kappa shape index (κ2) is 8.60. The number of benzene rings is 1. The predicted molar refractivity (Wildman–Crippen MR) is 93.3 cm³/mol. The number of carbonyl (C=O) groups excluding carboxylic acids is 1. The van der Waals surface area contributed by atoms with Gasteiger partial charge in [-0.05, 0) is 18.4 Å². The van der Waals surface area contributed by atoms with Crippen LogP contribution in [-0.2, 0) is 19.4 Å². The summed E-state index contributed by atoms with van der Waals surface area (Å²) < 4.78 is 28.6. The lowest BCUT2D eigenvalue weighted by Gasteiger charge is -2.29. The molecule has 2 unspecified atom stereocenters. The summed E-state index contributed by atoms with van der Waals surface area (Å²) in [5, 5.41) is 0. The Labute approximate surface area is 143 Å². The van der Waals surface area contributed by atoms with Crippen molar-refractivity contribution in [3.05, 3.63) is 35.9 Å². The lowest BCUT2D eigenvalue weighted by atomic mass is 10.0. The number of methoxy groups -OCH3 is 1. The molecule has 24 heavy (non-hydrogen) atoms. The fourth-order valence-corrected chi connectivity index (χ4v) is 4.77. The Morgan fingerprint density at radius 1 is 1.38 bits per heavy atom. The summed E-state index contributed by atoms with van der Waals surface area (Å²) in [6.07, 6.45) is 1.36. The van der Waals surface area contributed by atoms with E-state index in [2.05, 4.69) is 0 Å². The number of nitrogens with two attached hydrogens (primary N) is 1. The number of ether oxygens (including phenoxy) is 1. The number of nitrogens with zero attached hydrogens (tertiary/aromatic N) is 1. The van der Waals surface area contributed by atoms with Crippen LogP contribution in [0.5, 0.6) is 0 Å². The first-order chi connectivity index (χ1) is 11.4. The molecule has 1 aromatic carbocycles. The number of amides is 1. The molecule has 134 valence electrons. The minimum atomic E-state index is -3.04. The first-order valence-electron chi connectivity index (χ1n) is 8.22. The molecule has 0 aromatic heterocycles. The third-order valence-electron chi connectivity index (χ3n) is 4.34. The van der Waals surface area contributed by atoms with E-state index in [4.69, 9.17) is 10.5 Å². The average Bonchev–Trinajstić information content (AvgIpc) is 2.92. The Morgan fingerprint density at radius 3 is 2.67 bits per heavy atom. The molecule has 1 aliphatic rings. The minimum absolute atomic E-state index is 0.0479. The maximum atomic E-state index is 12.7. The number of hydrogen-bond donors (Lipinski definition) is 1. The number of carbonyl (C=O) groups is 1. The van der Waals surface area contributed by atoms with Crippen LogP contribution in [0.4, 0.5) is 0 Å². The molecule has 1 saturated heterocycles. The third kappa shape index (κ3) is 5.29. The average molecular weight is 354 g/mol. The summed E-state index contributed by atoms with van der Waals surface area (Å²) in [7, 11) is -1.43. The van der Waals surface area contributed by atoms with Crippen LogP contribution in [0.15, 0.2) is 30.3 Å². The summed E-state index contributed by atoms with van der Waals surface area (Å²) in [4.78, 5) is 14.4. The van der Waals surface area contributed by atoms with Crippen molar-refractivity contribution in [3.8, 4) is 0 Å². The SMILES string of the molecule is COCCCN(C(=O)CC(N)c1ccccc1)C1CCS(=O)(=O)C1. The van der Waals surface area contributed by atoms with Crippen LogP contribution >= 0.6 is 0 Å². The van der Waals surface area contributed by atoms with Gasteiger partial charge < -0.3 is 15.4 Å². The van der Waals surface area contributed by atoms with Crippen molar-refractivity contribution in [2.45, 2.75) is 31.3 Å². The first kappa shape index (κ1) is 18.9. The molecule has 2 rings (SSSR count). The van der Waals surface area contributed by atoms with E-state index < -0.39 is 9.84 Å². The number of hydrogen-bond acceptors (Lipinski definition) is 5. The molecular weight excluding hydrogens is 328 g/mol. The molecule has 0 aliphatic carbocycles. The molecule has 1 heterocycles. The van der Waals surface area contributed by atoms with Crippen LogP contribution in [0.25, 0.3) is 0 Å². The molecule has 2 N–H and O–H groups in total. The molecule has 6 nitrogen and oxygen atoms in total. The fraction of sp³-hybridized carbons (Fsp3) is 0.588. The Bertz CT molecular complexity index is 633. The van der Waals surface area contributed by atoms with Gasteiger partial charge in [-0.3, -0.25) is 4.79 Å². The summed E-state index contributed by atoms with van der Waals surface area (Å²) in [6, 6.07) is 8.84. The summed E-state index contributed by atoms with van der Waals surface area (Å²) in [6.45, 7) is 1.03. The van der Waals surface area contributed by atoms with Gasteiger partial charge in [-0.25, -0.2) is 8.42 Å². The summed E-state index contributed by atoms with van der Waals surface area (Å²) in [5.41, 5.74) is 7.05. The monoisotopic (exact) mass is 354 g/mol. The van der Waals surface area contributed by atoms with E-state index in [1.54, 1.807) is 12.0 Å². The zero-order chi connectivity index (χ0) is 17.6. The van der Waals surface area contributed by atoms with Gasteiger partial charge in [-0.1, -0.05) is 30.3 Å². The lowest BCUT2D eigenvalue weighted by molar-refractivity contribution is -0.133. The van der Waals surface area contributed by atoms with Gasteiger partial charge in [0.15, 0.2) is 9.84 Å². The van der Waals surface area contributed by atoms with Crippen molar-refractivity contribution in [2.75, 3.05) is 31.8 Å². The van der Waals surface area contributed by atoms with Crippen molar-refractivity contribution in [3.63, 3.8) is 0 Å². The van der Waals surface area contributed by atoms with Crippen molar-refractivity contribution < 1.29 is 17.9 Å². The van der Waals surface area contributed by atoms with Gasteiger partial charge in [0.1, 0.15) is 0 Å². The molecule has 0 saturated carbocycles. The second-order valence-electron chi connectivity index (χ2n) is 6.21. The summed E-state index contributed by atoms with van der Waals surface area (Å²) in [5.74, 6) is 0.104. The molecule has 7 heteroatoms. The predicted octanol–water partition coefficient (Wildman–Crippen LogP) is 1.13. The van der Waals surface area contributed by atoms with Crippen LogP contribution in [0, 0.1) is 0 Å². The van der Waals surface area contributed by atoms with E-state index in [1.807, 2.05) is 30.3 Å². The van der Waals surface area contributed by atoms with Crippen molar-refractivity contribution in [2.24, 2.45) is 5.73 Å². The van der Waals surface area contributed by atoms with Crippen molar-refractivity contribution >= 4 is 15.7 Å². The normalized spacial score (nSPS) is 20.7. The summed E-state index contributed by atoms with van der Waals surface area (Å²) >= 11 is 0. The quantitative estimate of drug-likeness (QED) is 0.707. The molecule has 1 amide bonds. The van der Waals surface area contributed by atoms with Gasteiger partial charge in [0.25, 0.3) is 0 Å². The Morgan fingerprint density at radius 2 is 2.08 bits per heavy atom. The zero-order valence-electron chi connectivity index (χ0n) is 14.1. The molecule has 1 aromatic rings. The van der Waals surface area contributed by atoms with Crippen LogP contribution in [0.1, 0.15) is 30.9 Å². The third-order valence-corrected chi connectivity index (χ3v) is 6.09. The molecule has 0 spiro atoms. The highest BCUT2D eigenvalue weighted by Gasteiger charge is 2.34. The van der Waals surface area contributed by atoms with E-state index in [-0.39, 0.29) is 35.9 Å². The highest BCUT2D eigenvalue weighted by molar-refractivity contribution is 7.91. The maximum Gasteiger partial charge on any atom is 0.224 e. The van der Waals surface area contributed by atoms with E-state index in [9.17, 15) is 13.2 Å².